The Hall–Kier alpha value is -1.87. The van der Waals surface area contributed by atoms with Gasteiger partial charge in [0.05, 0.1) is 18.7 Å². The molecule has 0 amide bonds. The molecule has 1 aliphatic heterocycles. The quantitative estimate of drug-likeness (QED) is 0.885. The van der Waals surface area contributed by atoms with Gasteiger partial charge < -0.3 is 10.1 Å². The Balaban J connectivity index is 1.83. The van der Waals surface area contributed by atoms with Crippen LogP contribution in [0.3, 0.4) is 0 Å². The van der Waals surface area contributed by atoms with Crippen LogP contribution in [0.4, 0.5) is 0 Å². The number of hydrogen-bond acceptors (Lipinski definition) is 2. The van der Waals surface area contributed by atoms with Gasteiger partial charge in [0.15, 0.2) is 0 Å². The first kappa shape index (κ1) is 15.0. The molecular weight excluding hydrogens is 274 g/mol. The van der Waals surface area contributed by atoms with E-state index in [9.17, 15) is 4.79 Å². The van der Waals surface area contributed by atoms with Crippen LogP contribution in [-0.4, -0.2) is 24.7 Å². The molecule has 1 aliphatic rings. The van der Waals surface area contributed by atoms with E-state index in [0.29, 0.717) is 11.5 Å². The van der Waals surface area contributed by atoms with Gasteiger partial charge in [0.2, 0.25) is 0 Å². The van der Waals surface area contributed by atoms with E-state index in [-0.39, 0.29) is 5.97 Å². The van der Waals surface area contributed by atoms with Crippen molar-refractivity contribution >= 4 is 16.7 Å². The van der Waals surface area contributed by atoms with Crippen molar-refractivity contribution in [2.45, 2.75) is 32.3 Å². The molecule has 2 aromatic rings. The van der Waals surface area contributed by atoms with Gasteiger partial charge in [-0.25, -0.2) is 4.79 Å². The molecule has 3 heteroatoms. The monoisotopic (exact) mass is 298 g/mol. The largest absolute Gasteiger partial charge is 0.456 e. The lowest BCUT2D eigenvalue weighted by atomic mass is 9.83. The van der Waals surface area contributed by atoms with E-state index in [1.54, 1.807) is 0 Å². The lowest BCUT2D eigenvalue weighted by Crippen LogP contribution is -2.86. The van der Waals surface area contributed by atoms with Crippen LogP contribution in [0, 0.1) is 5.92 Å². The van der Waals surface area contributed by atoms with Gasteiger partial charge in [-0.2, -0.15) is 0 Å². The molecule has 1 saturated heterocycles. The molecule has 2 N–H and O–H groups in total. The molecule has 0 atom stereocenters. The Labute approximate surface area is 131 Å². The molecule has 1 fully saturated rings. The lowest BCUT2D eigenvalue weighted by Gasteiger charge is -2.35. The molecule has 1 heterocycles. The van der Waals surface area contributed by atoms with Gasteiger partial charge in [0.1, 0.15) is 5.60 Å². The Morgan fingerprint density at radius 3 is 2.55 bits per heavy atom. The summed E-state index contributed by atoms with van der Waals surface area (Å²) in [5.74, 6) is 0.229. The number of hydrogen-bond donors (Lipinski definition) is 1. The van der Waals surface area contributed by atoms with Crippen molar-refractivity contribution < 1.29 is 14.8 Å². The second-order valence-electron chi connectivity index (χ2n) is 6.66. The highest BCUT2D eigenvalue weighted by Gasteiger charge is 2.35. The molecule has 0 aromatic heterocycles. The number of benzene rings is 2. The van der Waals surface area contributed by atoms with Crippen LogP contribution in [0.1, 0.15) is 37.0 Å². The van der Waals surface area contributed by atoms with Crippen LogP contribution in [0.5, 0.6) is 0 Å². The number of esters is 1. The molecule has 0 bridgehead atoms. The van der Waals surface area contributed by atoms with Crippen molar-refractivity contribution in [2.75, 3.05) is 13.1 Å². The summed E-state index contributed by atoms with van der Waals surface area (Å²) in [6.07, 6.45) is 2.21. The standard InChI is InChI=1S/C19H23NO2/c1-19(2,15-10-12-20-13-11-15)22-18(21)17-9-5-7-14-6-3-4-8-16(14)17/h3-9,15,20H,10-13H2,1-2H3/p+1. The average molecular weight is 298 g/mol. The second kappa shape index (κ2) is 6.09. The van der Waals surface area contributed by atoms with Gasteiger partial charge in [-0.05, 0) is 30.7 Å². The van der Waals surface area contributed by atoms with Crippen molar-refractivity contribution in [3.8, 4) is 0 Å². The van der Waals surface area contributed by atoms with Crippen LogP contribution in [0.25, 0.3) is 10.8 Å². The smallest absolute Gasteiger partial charge is 0.339 e. The predicted molar refractivity (Wildman–Crippen MR) is 87.8 cm³/mol. The zero-order valence-corrected chi connectivity index (χ0v) is 13.3. The number of rotatable bonds is 3. The SMILES string of the molecule is CC(C)(OC(=O)c1cccc2ccccc12)C1CC[NH2+]CC1. The van der Waals surface area contributed by atoms with Crippen LogP contribution in [0.2, 0.25) is 0 Å². The van der Waals surface area contributed by atoms with Crippen LogP contribution in [-0.2, 0) is 4.74 Å². The van der Waals surface area contributed by atoms with Crippen molar-refractivity contribution in [1.29, 1.82) is 0 Å². The predicted octanol–water partition coefficient (Wildman–Crippen LogP) is 2.75. The third-order valence-corrected chi connectivity index (χ3v) is 4.79. The number of ether oxygens (including phenoxy) is 1. The normalized spacial score (nSPS) is 16.6. The summed E-state index contributed by atoms with van der Waals surface area (Å²) in [5, 5.41) is 4.36. The van der Waals surface area contributed by atoms with Gasteiger partial charge in [-0.3, -0.25) is 0 Å². The second-order valence-corrected chi connectivity index (χ2v) is 6.66. The van der Waals surface area contributed by atoms with E-state index in [0.717, 1.165) is 36.7 Å². The maximum atomic E-state index is 12.7. The lowest BCUT2D eigenvalue weighted by molar-refractivity contribution is -0.665. The molecule has 3 rings (SSSR count). The maximum Gasteiger partial charge on any atom is 0.339 e. The third-order valence-electron chi connectivity index (χ3n) is 4.79. The molecule has 0 spiro atoms. The number of carbonyl (C=O) groups is 1. The molecule has 0 unspecified atom stereocenters. The van der Waals surface area contributed by atoms with E-state index < -0.39 is 5.60 Å². The first-order chi connectivity index (χ1) is 10.6. The highest BCUT2D eigenvalue weighted by Crippen LogP contribution is 2.30. The average Bonchev–Trinajstić information content (AvgIpc) is 2.54. The Kier molecular flexibility index (Phi) is 4.16. The summed E-state index contributed by atoms with van der Waals surface area (Å²) in [6.45, 7) is 6.35. The Morgan fingerprint density at radius 2 is 1.77 bits per heavy atom. The van der Waals surface area contributed by atoms with Gasteiger partial charge in [0, 0.05) is 18.8 Å². The number of fused-ring (bicyclic) bond motifs is 1. The Bertz CT molecular complexity index is 667. The zero-order chi connectivity index (χ0) is 15.6. The fourth-order valence-corrected chi connectivity index (χ4v) is 3.40. The molecule has 22 heavy (non-hydrogen) atoms. The summed E-state index contributed by atoms with van der Waals surface area (Å²) in [4.78, 5) is 12.7. The van der Waals surface area contributed by atoms with Crippen LogP contribution < -0.4 is 5.32 Å². The first-order valence-electron chi connectivity index (χ1n) is 8.11. The molecular formula is C19H24NO2+. The molecule has 3 nitrogen and oxygen atoms in total. The summed E-state index contributed by atoms with van der Waals surface area (Å²) in [7, 11) is 0. The maximum absolute atomic E-state index is 12.7. The van der Waals surface area contributed by atoms with Gasteiger partial charge in [0.25, 0.3) is 0 Å². The number of quaternary nitrogens is 1. The fraction of sp³-hybridized carbons (Fsp3) is 0.421. The molecule has 0 aliphatic carbocycles. The number of piperidine rings is 1. The van der Waals surface area contributed by atoms with Crippen LogP contribution >= 0.6 is 0 Å². The Morgan fingerprint density at radius 1 is 1.09 bits per heavy atom. The van der Waals surface area contributed by atoms with Gasteiger partial charge in [-0.1, -0.05) is 36.4 Å². The first-order valence-corrected chi connectivity index (χ1v) is 8.11. The summed E-state index contributed by atoms with van der Waals surface area (Å²) >= 11 is 0. The highest BCUT2D eigenvalue weighted by atomic mass is 16.6. The summed E-state index contributed by atoms with van der Waals surface area (Å²) < 4.78 is 5.92. The van der Waals surface area contributed by atoms with Gasteiger partial charge >= 0.3 is 5.97 Å². The van der Waals surface area contributed by atoms with E-state index in [1.165, 1.54) is 0 Å². The molecule has 2 aromatic carbocycles. The van der Waals surface area contributed by atoms with Gasteiger partial charge in [-0.15, -0.1) is 0 Å². The molecule has 116 valence electrons. The third kappa shape index (κ3) is 3.00. The number of carbonyl (C=O) groups excluding carboxylic acids is 1. The van der Waals surface area contributed by atoms with Crippen molar-refractivity contribution in [1.82, 2.24) is 0 Å². The summed E-state index contributed by atoms with van der Waals surface area (Å²) in [5.41, 5.74) is 0.246. The minimum atomic E-state index is -0.414. The van der Waals surface area contributed by atoms with Crippen molar-refractivity contribution in [2.24, 2.45) is 5.92 Å². The topological polar surface area (TPSA) is 42.9 Å². The van der Waals surface area contributed by atoms with E-state index >= 15 is 0 Å². The van der Waals surface area contributed by atoms with Crippen molar-refractivity contribution in [3.05, 3.63) is 48.0 Å². The van der Waals surface area contributed by atoms with E-state index in [2.05, 4.69) is 5.32 Å². The summed E-state index contributed by atoms with van der Waals surface area (Å²) in [6, 6.07) is 13.7. The molecule has 0 radical (unpaired) electrons. The van der Waals surface area contributed by atoms with Crippen LogP contribution in [0.15, 0.2) is 42.5 Å². The fourth-order valence-electron chi connectivity index (χ4n) is 3.40. The minimum absolute atomic E-state index is 0.212. The van der Waals surface area contributed by atoms with Crippen molar-refractivity contribution in [3.63, 3.8) is 0 Å². The van der Waals surface area contributed by atoms with E-state index in [1.807, 2.05) is 56.3 Å². The highest BCUT2D eigenvalue weighted by molar-refractivity contribution is 6.04. The van der Waals surface area contributed by atoms with E-state index in [4.69, 9.17) is 4.74 Å². The zero-order valence-electron chi connectivity index (χ0n) is 13.3. The minimum Gasteiger partial charge on any atom is -0.456 e. The molecule has 0 saturated carbocycles. The number of nitrogens with two attached hydrogens (primary N) is 1.